The quantitative estimate of drug-likeness (QED) is 0.824. The summed E-state index contributed by atoms with van der Waals surface area (Å²) in [5.74, 6) is 0. The molecule has 2 amide bonds. The normalized spacial score (nSPS) is 18.5. The molecule has 1 saturated heterocycles. The lowest BCUT2D eigenvalue weighted by Crippen LogP contribution is -2.53. The Balaban J connectivity index is 2.48. The van der Waals surface area contributed by atoms with Crippen molar-refractivity contribution in [3.63, 3.8) is 0 Å². The molecule has 1 aliphatic rings. The molecule has 0 bridgehead atoms. The number of hydrogen-bond acceptors (Lipinski definition) is 4. The molecule has 1 aliphatic heterocycles. The van der Waals surface area contributed by atoms with Crippen LogP contribution in [-0.4, -0.2) is 60.1 Å². The van der Waals surface area contributed by atoms with Crippen LogP contribution in [0.25, 0.3) is 0 Å². The lowest BCUT2D eigenvalue weighted by atomic mass is 9.91. The first-order valence-electron chi connectivity index (χ1n) is 6.67. The molecule has 0 atom stereocenters. The molecule has 0 aliphatic carbocycles. The molecule has 0 aromatic rings. The molecule has 1 heterocycles. The molecule has 0 radical (unpaired) electrons. The Morgan fingerprint density at radius 1 is 1.30 bits per heavy atom. The maximum atomic E-state index is 11.6. The zero-order valence-corrected chi connectivity index (χ0v) is 12.6. The minimum Gasteiger partial charge on any atom is -0.465 e. The summed E-state index contributed by atoms with van der Waals surface area (Å²) >= 11 is 0. The molecule has 0 spiro atoms. The van der Waals surface area contributed by atoms with Crippen molar-refractivity contribution in [2.45, 2.75) is 44.8 Å². The second-order valence-electron chi connectivity index (χ2n) is 6.01. The third-order valence-electron chi connectivity index (χ3n) is 3.33. The van der Waals surface area contributed by atoms with E-state index in [2.05, 4.69) is 5.32 Å². The Hall–Kier alpha value is -1.50. The van der Waals surface area contributed by atoms with Crippen molar-refractivity contribution in [1.82, 2.24) is 10.2 Å². The van der Waals surface area contributed by atoms with Crippen LogP contribution in [0.5, 0.6) is 0 Å². The fourth-order valence-electron chi connectivity index (χ4n) is 2.11. The Morgan fingerprint density at radius 2 is 1.85 bits per heavy atom. The minimum absolute atomic E-state index is 0.311. The lowest BCUT2D eigenvalue weighted by Gasteiger charge is -2.39. The predicted molar refractivity (Wildman–Crippen MR) is 72.8 cm³/mol. The minimum atomic E-state index is -0.921. The van der Waals surface area contributed by atoms with E-state index in [0.29, 0.717) is 32.5 Å². The average molecular weight is 288 g/mol. The van der Waals surface area contributed by atoms with E-state index >= 15 is 0 Å². The Labute approximate surface area is 119 Å². The van der Waals surface area contributed by atoms with Crippen molar-refractivity contribution in [1.29, 1.82) is 0 Å². The van der Waals surface area contributed by atoms with Gasteiger partial charge in [0.2, 0.25) is 0 Å². The fourth-order valence-corrected chi connectivity index (χ4v) is 2.11. The van der Waals surface area contributed by atoms with E-state index in [-0.39, 0.29) is 0 Å². The molecule has 116 valence electrons. The van der Waals surface area contributed by atoms with Gasteiger partial charge in [-0.05, 0) is 33.6 Å². The summed E-state index contributed by atoms with van der Waals surface area (Å²) < 4.78 is 10.7. The van der Waals surface area contributed by atoms with Crippen molar-refractivity contribution in [3.05, 3.63) is 0 Å². The van der Waals surface area contributed by atoms with Crippen LogP contribution in [0, 0.1) is 0 Å². The smallest absolute Gasteiger partial charge is 0.407 e. The van der Waals surface area contributed by atoms with Gasteiger partial charge >= 0.3 is 12.2 Å². The number of hydrogen-bond donors (Lipinski definition) is 2. The molecule has 0 unspecified atom stereocenters. The summed E-state index contributed by atoms with van der Waals surface area (Å²) in [6.45, 7) is 6.50. The van der Waals surface area contributed by atoms with Crippen molar-refractivity contribution in [2.24, 2.45) is 0 Å². The number of carbonyl (C=O) groups is 2. The summed E-state index contributed by atoms with van der Waals surface area (Å²) in [7, 11) is 1.58. The number of amides is 2. The predicted octanol–water partition coefficient (Wildman–Crippen LogP) is 1.67. The zero-order valence-electron chi connectivity index (χ0n) is 12.6. The van der Waals surface area contributed by atoms with Crippen LogP contribution in [0.2, 0.25) is 0 Å². The third-order valence-corrected chi connectivity index (χ3v) is 3.33. The molecular weight excluding hydrogens is 264 g/mol. The number of nitrogens with one attached hydrogen (secondary N) is 1. The number of ether oxygens (including phenoxy) is 2. The second kappa shape index (κ2) is 6.30. The first-order chi connectivity index (χ1) is 9.17. The van der Waals surface area contributed by atoms with E-state index in [4.69, 9.17) is 14.6 Å². The molecule has 7 heteroatoms. The van der Waals surface area contributed by atoms with Gasteiger partial charge in [-0.25, -0.2) is 9.59 Å². The Morgan fingerprint density at radius 3 is 2.25 bits per heavy atom. The fraction of sp³-hybridized carbons (Fsp3) is 0.846. The third kappa shape index (κ3) is 4.88. The summed E-state index contributed by atoms with van der Waals surface area (Å²) in [5.41, 5.74) is -1.07. The van der Waals surface area contributed by atoms with E-state index in [9.17, 15) is 9.59 Å². The maximum Gasteiger partial charge on any atom is 0.407 e. The lowest BCUT2D eigenvalue weighted by molar-refractivity contribution is -0.0525. The SMILES string of the molecule is COC1(CNC(=O)OC(C)(C)C)CCN(C(=O)O)CC1. The number of carbonyl (C=O) groups excluding carboxylic acids is 1. The molecule has 1 rings (SSSR count). The van der Waals surface area contributed by atoms with Gasteiger partial charge in [0.15, 0.2) is 0 Å². The number of likely N-dealkylation sites (tertiary alicyclic amines) is 1. The van der Waals surface area contributed by atoms with Crippen molar-refractivity contribution in [3.8, 4) is 0 Å². The molecule has 0 aromatic carbocycles. The first kappa shape index (κ1) is 16.6. The van der Waals surface area contributed by atoms with Crippen LogP contribution in [-0.2, 0) is 9.47 Å². The van der Waals surface area contributed by atoms with Crippen molar-refractivity contribution < 1.29 is 24.2 Å². The largest absolute Gasteiger partial charge is 0.465 e. The number of rotatable bonds is 3. The van der Waals surface area contributed by atoms with Gasteiger partial charge in [0.1, 0.15) is 5.60 Å². The molecule has 0 saturated carbocycles. The first-order valence-corrected chi connectivity index (χ1v) is 6.67. The van der Waals surface area contributed by atoms with Crippen LogP contribution >= 0.6 is 0 Å². The van der Waals surface area contributed by atoms with Gasteiger partial charge in [0, 0.05) is 20.2 Å². The van der Waals surface area contributed by atoms with E-state index in [1.165, 1.54) is 4.90 Å². The Bertz CT molecular complexity index is 356. The van der Waals surface area contributed by atoms with Crippen LogP contribution in [0.1, 0.15) is 33.6 Å². The highest BCUT2D eigenvalue weighted by atomic mass is 16.6. The zero-order chi connectivity index (χ0) is 15.4. The van der Waals surface area contributed by atoms with Gasteiger partial charge < -0.3 is 24.8 Å². The molecule has 0 aromatic heterocycles. The number of alkyl carbamates (subject to hydrolysis) is 1. The van der Waals surface area contributed by atoms with Crippen LogP contribution in [0.15, 0.2) is 0 Å². The number of nitrogens with zero attached hydrogens (tertiary/aromatic N) is 1. The highest BCUT2D eigenvalue weighted by molar-refractivity contribution is 5.67. The van der Waals surface area contributed by atoms with Crippen LogP contribution < -0.4 is 5.32 Å². The monoisotopic (exact) mass is 288 g/mol. The van der Waals surface area contributed by atoms with E-state index < -0.39 is 23.4 Å². The van der Waals surface area contributed by atoms with Gasteiger partial charge in [-0.3, -0.25) is 0 Å². The van der Waals surface area contributed by atoms with Gasteiger partial charge in [0.25, 0.3) is 0 Å². The number of methoxy groups -OCH3 is 1. The van der Waals surface area contributed by atoms with Gasteiger partial charge in [-0.1, -0.05) is 0 Å². The molecule has 1 fully saturated rings. The molecule has 2 N–H and O–H groups in total. The van der Waals surface area contributed by atoms with Gasteiger partial charge in [-0.2, -0.15) is 0 Å². The summed E-state index contributed by atoms with van der Waals surface area (Å²) in [6, 6.07) is 0. The summed E-state index contributed by atoms with van der Waals surface area (Å²) in [6.07, 6.45) is -0.318. The summed E-state index contributed by atoms with van der Waals surface area (Å²) in [4.78, 5) is 23.9. The standard InChI is InChI=1S/C13H24N2O5/c1-12(2,3)20-10(16)14-9-13(19-4)5-7-15(8-6-13)11(17)18/h5-9H2,1-4H3,(H,14,16)(H,17,18). The van der Waals surface area contributed by atoms with E-state index in [1.54, 1.807) is 27.9 Å². The molecule has 20 heavy (non-hydrogen) atoms. The van der Waals surface area contributed by atoms with E-state index in [1.807, 2.05) is 0 Å². The van der Waals surface area contributed by atoms with Crippen LogP contribution in [0.3, 0.4) is 0 Å². The van der Waals surface area contributed by atoms with Crippen molar-refractivity contribution in [2.75, 3.05) is 26.7 Å². The number of carboxylic acid groups (broad SMARTS) is 1. The maximum absolute atomic E-state index is 11.6. The van der Waals surface area contributed by atoms with Crippen molar-refractivity contribution >= 4 is 12.2 Å². The van der Waals surface area contributed by atoms with Gasteiger partial charge in [-0.15, -0.1) is 0 Å². The molecule has 7 nitrogen and oxygen atoms in total. The van der Waals surface area contributed by atoms with E-state index in [0.717, 1.165) is 0 Å². The highest BCUT2D eigenvalue weighted by Crippen LogP contribution is 2.25. The second-order valence-corrected chi connectivity index (χ2v) is 6.01. The summed E-state index contributed by atoms with van der Waals surface area (Å²) in [5, 5.41) is 11.6. The molecular formula is C13H24N2O5. The van der Waals surface area contributed by atoms with Gasteiger partial charge in [0.05, 0.1) is 12.1 Å². The topological polar surface area (TPSA) is 88.1 Å². The number of piperidine rings is 1. The highest BCUT2D eigenvalue weighted by Gasteiger charge is 2.36. The average Bonchev–Trinajstić information content (AvgIpc) is 2.35. The Kier molecular flexibility index (Phi) is 5.21. The van der Waals surface area contributed by atoms with Crippen LogP contribution in [0.4, 0.5) is 9.59 Å².